The van der Waals surface area contributed by atoms with Gasteiger partial charge in [-0.25, -0.2) is 0 Å². The van der Waals surface area contributed by atoms with E-state index in [9.17, 15) is 0 Å². The number of aliphatic imine (C=N–C) groups is 2. The summed E-state index contributed by atoms with van der Waals surface area (Å²) in [5, 5.41) is 0. The first kappa shape index (κ1) is 35.3. The maximum Gasteiger partial charge on any atom is 0.0633 e. The van der Waals surface area contributed by atoms with Gasteiger partial charge >= 0.3 is 0 Å². The summed E-state index contributed by atoms with van der Waals surface area (Å²) in [5.41, 5.74) is 4.42. The van der Waals surface area contributed by atoms with Crippen LogP contribution in [-0.2, 0) is 16.5 Å². The summed E-state index contributed by atoms with van der Waals surface area (Å²) >= 11 is 0. The average molecular weight is 576 g/mol. The monoisotopic (exact) mass is 574 g/mol. The maximum absolute atomic E-state index is 5.10. The molecule has 3 heteroatoms. The van der Waals surface area contributed by atoms with E-state index in [4.69, 9.17) is 9.98 Å². The number of hydrogen-bond donors (Lipinski definition) is 0. The minimum absolute atomic E-state index is 0. The minimum Gasteiger partial charge on any atom is -0.252 e. The summed E-state index contributed by atoms with van der Waals surface area (Å²) in [4.78, 5) is 10.2. The fourth-order valence-corrected chi connectivity index (χ4v) is 5.03. The molecule has 220 valence electrons. The van der Waals surface area contributed by atoms with Crippen LogP contribution in [0.2, 0.25) is 0 Å². The van der Waals surface area contributed by atoms with Crippen LogP contribution in [0.15, 0.2) is 70.6 Å². The van der Waals surface area contributed by atoms with Crippen LogP contribution in [-0.4, -0.2) is 11.4 Å². The fraction of sp³-hybridized carbons (Fsp3) is 0.611. The Hall–Kier alpha value is -1.73. The van der Waals surface area contributed by atoms with Gasteiger partial charge in [0.05, 0.1) is 22.8 Å². The van der Waals surface area contributed by atoms with Gasteiger partial charge in [-0.05, 0) is 49.9 Å². The number of benzene rings is 2. The third-order valence-electron chi connectivity index (χ3n) is 7.41. The van der Waals surface area contributed by atoms with E-state index in [0.29, 0.717) is 0 Å². The average Bonchev–Trinajstić information content (AvgIpc) is 2.95. The van der Waals surface area contributed by atoms with Crippen LogP contribution in [0.3, 0.4) is 0 Å². The van der Waals surface area contributed by atoms with Gasteiger partial charge in [0.1, 0.15) is 0 Å². The van der Waals surface area contributed by atoms with E-state index >= 15 is 0 Å². The molecule has 0 saturated carbocycles. The molecule has 2 aromatic rings. The van der Waals surface area contributed by atoms with E-state index in [1.54, 1.807) is 0 Å². The molecule has 0 aliphatic carbocycles. The van der Waals surface area contributed by atoms with Crippen LogP contribution in [0.1, 0.15) is 142 Å². The number of nitrogens with zero attached hydrogens (tertiary/aromatic N) is 2. The molecule has 0 amide bonds. The fourth-order valence-electron chi connectivity index (χ4n) is 5.03. The van der Waals surface area contributed by atoms with Crippen molar-refractivity contribution in [3.05, 3.63) is 60.7 Å². The molecule has 0 heterocycles. The number of unbranched alkanes of at least 4 members (excludes halogenated alkanes) is 16. The van der Waals surface area contributed by atoms with E-state index in [-0.39, 0.29) is 16.5 Å². The van der Waals surface area contributed by atoms with Crippen LogP contribution < -0.4 is 0 Å². The molecule has 2 nitrogen and oxygen atoms in total. The number of hydrogen-bond acceptors (Lipinski definition) is 2. The zero-order valence-electron chi connectivity index (χ0n) is 25.1. The van der Waals surface area contributed by atoms with Crippen molar-refractivity contribution in [3.63, 3.8) is 0 Å². The first-order valence-corrected chi connectivity index (χ1v) is 16.1. The molecule has 0 aliphatic rings. The summed E-state index contributed by atoms with van der Waals surface area (Å²) in [6.45, 7) is 4.55. The third-order valence-corrected chi connectivity index (χ3v) is 7.41. The Kier molecular flexibility index (Phi) is 22.9. The van der Waals surface area contributed by atoms with Crippen molar-refractivity contribution in [1.29, 1.82) is 0 Å². The molecule has 0 fully saturated rings. The Bertz CT molecular complexity index is 860. The van der Waals surface area contributed by atoms with Gasteiger partial charge in [-0.2, -0.15) is 0 Å². The van der Waals surface area contributed by atoms with Crippen LogP contribution in [0.5, 0.6) is 0 Å². The molecule has 0 aromatic heterocycles. The van der Waals surface area contributed by atoms with Crippen molar-refractivity contribution in [2.24, 2.45) is 9.98 Å². The molecule has 0 aliphatic heterocycles. The first-order chi connectivity index (χ1) is 18.8. The molecule has 39 heavy (non-hydrogen) atoms. The summed E-state index contributed by atoms with van der Waals surface area (Å²) in [5.74, 6) is 0. The molecule has 2 rings (SSSR count). The summed E-state index contributed by atoms with van der Waals surface area (Å²) < 4.78 is 0. The predicted molar refractivity (Wildman–Crippen MR) is 171 cm³/mol. The molecule has 0 radical (unpaired) electrons. The Morgan fingerprint density at radius 2 is 0.718 bits per heavy atom. The summed E-state index contributed by atoms with van der Waals surface area (Å²) in [7, 11) is 0. The summed E-state index contributed by atoms with van der Waals surface area (Å²) in [6.07, 6.45) is 26.7. The van der Waals surface area contributed by atoms with Crippen molar-refractivity contribution < 1.29 is 16.5 Å². The second-order valence-corrected chi connectivity index (χ2v) is 10.9. The van der Waals surface area contributed by atoms with Gasteiger partial charge in [-0.15, -0.1) is 0 Å². The zero-order valence-corrected chi connectivity index (χ0v) is 26.1. The molecular weight excluding hydrogens is 519 g/mol. The second kappa shape index (κ2) is 25.3. The largest absolute Gasteiger partial charge is 0.252 e. The standard InChI is InChI=1S/C36H56N2.Ni/c1-3-5-7-8-9-10-11-12-13-14-15-16-17-18-19-26-32-36(38-34-29-24-21-25-30-34)35(31-6-4-2)37-33-27-22-20-23-28-33;/h20-25,27-30H,3-19,26,31-32H2,1-2H3;/b37-35+,38-36+;. The molecular formula is C36H56N2Ni. The van der Waals surface area contributed by atoms with E-state index in [1.807, 2.05) is 0 Å². The first-order valence-electron chi connectivity index (χ1n) is 16.1. The van der Waals surface area contributed by atoms with Gasteiger partial charge in [0, 0.05) is 16.5 Å². The van der Waals surface area contributed by atoms with Gasteiger partial charge < -0.3 is 0 Å². The third kappa shape index (κ3) is 18.3. The van der Waals surface area contributed by atoms with Gasteiger partial charge in [0.15, 0.2) is 0 Å². The van der Waals surface area contributed by atoms with Gasteiger partial charge in [-0.3, -0.25) is 9.98 Å². The molecule has 0 bridgehead atoms. The smallest absolute Gasteiger partial charge is 0.0633 e. The molecule has 0 unspecified atom stereocenters. The molecule has 0 N–H and O–H groups in total. The van der Waals surface area contributed by atoms with Gasteiger partial charge in [0.25, 0.3) is 0 Å². The van der Waals surface area contributed by atoms with Crippen molar-refractivity contribution in [2.45, 2.75) is 142 Å². The van der Waals surface area contributed by atoms with Crippen molar-refractivity contribution in [3.8, 4) is 0 Å². The molecule has 0 spiro atoms. The quantitative estimate of drug-likeness (QED) is 0.0715. The Balaban J connectivity index is 0.00000760. The number of rotatable bonds is 23. The van der Waals surface area contributed by atoms with Gasteiger partial charge in [-0.1, -0.05) is 153 Å². The zero-order chi connectivity index (χ0) is 26.9. The molecule has 0 atom stereocenters. The van der Waals surface area contributed by atoms with E-state index < -0.39 is 0 Å². The number of para-hydroxylation sites is 2. The second-order valence-electron chi connectivity index (χ2n) is 10.9. The van der Waals surface area contributed by atoms with E-state index in [2.05, 4.69) is 74.5 Å². The Morgan fingerprint density at radius 1 is 0.410 bits per heavy atom. The predicted octanol–water partition coefficient (Wildman–Crippen LogP) is 12.4. The minimum atomic E-state index is 0. The Morgan fingerprint density at radius 3 is 1.08 bits per heavy atom. The van der Waals surface area contributed by atoms with Gasteiger partial charge in [0.2, 0.25) is 0 Å². The molecule has 0 saturated heterocycles. The van der Waals surface area contributed by atoms with Crippen LogP contribution in [0, 0.1) is 0 Å². The van der Waals surface area contributed by atoms with Crippen molar-refractivity contribution >= 4 is 22.8 Å². The Labute approximate surface area is 251 Å². The topological polar surface area (TPSA) is 24.7 Å². The van der Waals surface area contributed by atoms with Crippen LogP contribution >= 0.6 is 0 Å². The van der Waals surface area contributed by atoms with E-state index in [1.165, 1.54) is 121 Å². The van der Waals surface area contributed by atoms with Crippen molar-refractivity contribution in [1.82, 2.24) is 0 Å². The maximum atomic E-state index is 5.10. The van der Waals surface area contributed by atoms with E-state index in [0.717, 1.165) is 30.6 Å². The van der Waals surface area contributed by atoms with Crippen LogP contribution in [0.4, 0.5) is 11.4 Å². The van der Waals surface area contributed by atoms with Crippen LogP contribution in [0.25, 0.3) is 0 Å². The summed E-state index contributed by atoms with van der Waals surface area (Å²) in [6, 6.07) is 20.8. The van der Waals surface area contributed by atoms with Crippen molar-refractivity contribution in [2.75, 3.05) is 0 Å². The SMILES string of the molecule is CCCCCCCCCCCCCCCCCCC(=N\c1ccccc1)/C(CCCC)=N/c1ccccc1.[Ni]. The normalized spacial score (nSPS) is 11.9. The molecule has 2 aromatic carbocycles.